The predicted octanol–water partition coefficient (Wildman–Crippen LogP) is 5.59. The quantitative estimate of drug-likeness (QED) is 0.260. The van der Waals surface area contributed by atoms with Crippen LogP contribution < -0.4 is 0 Å². The molecule has 0 amide bonds. The zero-order valence-corrected chi connectivity index (χ0v) is 22.5. The molecule has 0 saturated carbocycles. The SMILES string of the molecule is CCOC(=O)C1(CBr)OC(=NC(C)(C)C)C(C(=O)c2ccc(C)cc2)=C1C(=O)c1ccc(C)cc1. The second-order valence-corrected chi connectivity index (χ2v) is 10.1. The molecule has 6 nitrogen and oxygen atoms in total. The number of hydrogen-bond donors (Lipinski definition) is 0. The van der Waals surface area contributed by atoms with Gasteiger partial charge in [-0.05, 0) is 41.5 Å². The van der Waals surface area contributed by atoms with E-state index in [2.05, 4.69) is 20.9 Å². The van der Waals surface area contributed by atoms with E-state index in [1.807, 2.05) is 46.8 Å². The first kappa shape index (κ1) is 26.5. The number of esters is 1. The highest BCUT2D eigenvalue weighted by Gasteiger charge is 2.57. The first-order chi connectivity index (χ1) is 16.4. The first-order valence-electron chi connectivity index (χ1n) is 11.4. The molecule has 0 bridgehead atoms. The van der Waals surface area contributed by atoms with Gasteiger partial charge in [-0.2, -0.15) is 0 Å². The summed E-state index contributed by atoms with van der Waals surface area (Å²) in [5.74, 6) is -1.76. The number of benzene rings is 2. The third-order valence-electron chi connectivity index (χ3n) is 5.45. The highest BCUT2D eigenvalue weighted by Crippen LogP contribution is 2.40. The molecule has 7 heteroatoms. The van der Waals surface area contributed by atoms with Gasteiger partial charge in [0.05, 0.1) is 28.6 Å². The Bertz CT molecular complexity index is 1200. The van der Waals surface area contributed by atoms with E-state index in [4.69, 9.17) is 9.47 Å². The number of ketones is 2. The number of carbonyl (C=O) groups excluding carboxylic acids is 3. The van der Waals surface area contributed by atoms with E-state index < -0.39 is 28.7 Å². The molecule has 0 aromatic heterocycles. The summed E-state index contributed by atoms with van der Waals surface area (Å²) in [4.78, 5) is 45.8. The van der Waals surface area contributed by atoms with Crippen molar-refractivity contribution in [3.05, 3.63) is 81.9 Å². The minimum Gasteiger partial charge on any atom is -0.463 e. The number of aliphatic imine (C=N–C) groups is 1. The highest BCUT2D eigenvalue weighted by atomic mass is 79.9. The molecule has 2 aromatic rings. The van der Waals surface area contributed by atoms with Crippen LogP contribution in [-0.4, -0.2) is 46.5 Å². The number of Topliss-reactive ketones (excluding diaryl/α,β-unsaturated/α-hetero) is 2. The fraction of sp³-hybridized carbons (Fsp3) is 0.357. The lowest BCUT2D eigenvalue weighted by Crippen LogP contribution is -2.46. The maximum absolute atomic E-state index is 14.0. The largest absolute Gasteiger partial charge is 0.463 e. The fourth-order valence-corrected chi connectivity index (χ4v) is 4.33. The van der Waals surface area contributed by atoms with Crippen molar-refractivity contribution in [3.8, 4) is 0 Å². The molecule has 3 rings (SSSR count). The van der Waals surface area contributed by atoms with Crippen LogP contribution in [0.3, 0.4) is 0 Å². The van der Waals surface area contributed by atoms with Crippen LogP contribution in [0.1, 0.15) is 59.5 Å². The molecular formula is C28H30BrNO5. The standard InChI is InChI=1S/C28H30BrNO5/c1-7-34-26(33)28(16-29)22(24(32)20-14-10-18(3)11-15-20)21(25(35-28)30-27(4,5)6)23(31)19-12-8-17(2)9-13-19/h8-15H,7,16H2,1-6H3. The third-order valence-corrected chi connectivity index (χ3v) is 6.24. The minimum absolute atomic E-state index is 0.0261. The summed E-state index contributed by atoms with van der Waals surface area (Å²) in [7, 11) is 0. The van der Waals surface area contributed by atoms with Crippen LogP contribution in [0.2, 0.25) is 0 Å². The Morgan fingerprint density at radius 3 is 1.83 bits per heavy atom. The molecule has 0 fully saturated rings. The van der Waals surface area contributed by atoms with Gasteiger partial charge < -0.3 is 9.47 Å². The Balaban J connectivity index is 2.38. The highest BCUT2D eigenvalue weighted by molar-refractivity contribution is 9.09. The predicted molar refractivity (Wildman–Crippen MR) is 139 cm³/mol. The van der Waals surface area contributed by atoms with E-state index in [1.54, 1.807) is 43.3 Å². The van der Waals surface area contributed by atoms with E-state index in [0.717, 1.165) is 11.1 Å². The van der Waals surface area contributed by atoms with E-state index in [-0.39, 0.29) is 29.0 Å². The number of alkyl halides is 1. The Labute approximate surface area is 214 Å². The summed E-state index contributed by atoms with van der Waals surface area (Å²) in [5, 5.41) is -0.0976. The molecule has 0 N–H and O–H groups in total. The van der Waals surface area contributed by atoms with Gasteiger partial charge >= 0.3 is 5.97 Å². The van der Waals surface area contributed by atoms with E-state index in [0.29, 0.717) is 11.1 Å². The zero-order valence-electron chi connectivity index (χ0n) is 20.9. The molecule has 1 aliphatic rings. The number of nitrogens with zero attached hydrogens (tertiary/aromatic N) is 1. The zero-order chi connectivity index (χ0) is 26.0. The molecule has 0 radical (unpaired) electrons. The van der Waals surface area contributed by atoms with Gasteiger partial charge in [-0.3, -0.25) is 9.59 Å². The van der Waals surface area contributed by atoms with Gasteiger partial charge in [0.25, 0.3) is 0 Å². The maximum atomic E-state index is 14.0. The van der Waals surface area contributed by atoms with Gasteiger partial charge in [-0.25, -0.2) is 9.79 Å². The summed E-state index contributed by atoms with van der Waals surface area (Å²) in [6, 6.07) is 13.9. The number of ether oxygens (including phenoxy) is 2. The molecule has 1 unspecified atom stereocenters. The number of rotatable bonds is 7. The lowest BCUT2D eigenvalue weighted by atomic mass is 9.84. The van der Waals surface area contributed by atoms with Gasteiger partial charge in [-0.1, -0.05) is 75.6 Å². The van der Waals surface area contributed by atoms with Crippen LogP contribution in [0.15, 0.2) is 64.7 Å². The normalized spacial score (nSPS) is 19.0. The lowest BCUT2D eigenvalue weighted by molar-refractivity contribution is -0.156. The summed E-state index contributed by atoms with van der Waals surface area (Å²) in [6.07, 6.45) is 0. The van der Waals surface area contributed by atoms with Crippen LogP contribution in [0.25, 0.3) is 0 Å². The van der Waals surface area contributed by atoms with Crippen LogP contribution in [0.4, 0.5) is 0 Å². The number of carbonyl (C=O) groups is 3. The second-order valence-electron chi connectivity index (χ2n) is 9.51. The number of hydrogen-bond acceptors (Lipinski definition) is 6. The molecule has 1 heterocycles. The Hall–Kier alpha value is -3.06. The van der Waals surface area contributed by atoms with E-state index >= 15 is 0 Å². The Kier molecular flexibility index (Phi) is 7.80. The van der Waals surface area contributed by atoms with Crippen molar-refractivity contribution >= 4 is 39.4 Å². The molecule has 2 aromatic carbocycles. The van der Waals surface area contributed by atoms with Gasteiger partial charge in [0.15, 0.2) is 11.6 Å². The summed E-state index contributed by atoms with van der Waals surface area (Å²) in [5.41, 5.74) is 0.0304. The molecule has 0 aliphatic carbocycles. The summed E-state index contributed by atoms with van der Waals surface area (Å²) >= 11 is 3.37. The topological polar surface area (TPSA) is 82.0 Å². The molecule has 1 atom stereocenters. The number of halogens is 1. The van der Waals surface area contributed by atoms with Crippen LogP contribution in [0.5, 0.6) is 0 Å². The van der Waals surface area contributed by atoms with Crippen LogP contribution >= 0.6 is 15.9 Å². The maximum Gasteiger partial charge on any atom is 0.356 e. The third kappa shape index (κ3) is 5.45. The van der Waals surface area contributed by atoms with Crippen LogP contribution in [-0.2, 0) is 14.3 Å². The monoisotopic (exact) mass is 539 g/mol. The van der Waals surface area contributed by atoms with Crippen molar-refractivity contribution in [3.63, 3.8) is 0 Å². The minimum atomic E-state index is -1.86. The fourth-order valence-electron chi connectivity index (χ4n) is 3.71. The molecular weight excluding hydrogens is 510 g/mol. The smallest absolute Gasteiger partial charge is 0.356 e. The van der Waals surface area contributed by atoms with Crippen LogP contribution in [0, 0.1) is 13.8 Å². The molecule has 0 spiro atoms. The summed E-state index contributed by atoms with van der Waals surface area (Å²) in [6.45, 7) is 11.1. The van der Waals surface area contributed by atoms with Gasteiger partial charge in [-0.15, -0.1) is 0 Å². The average molecular weight is 540 g/mol. The van der Waals surface area contributed by atoms with Crippen molar-refractivity contribution in [1.29, 1.82) is 0 Å². The van der Waals surface area contributed by atoms with Crippen molar-refractivity contribution in [2.45, 2.75) is 52.7 Å². The van der Waals surface area contributed by atoms with E-state index in [9.17, 15) is 14.4 Å². The molecule has 184 valence electrons. The van der Waals surface area contributed by atoms with E-state index in [1.165, 1.54) is 0 Å². The second kappa shape index (κ2) is 10.3. The molecule has 35 heavy (non-hydrogen) atoms. The molecule has 0 saturated heterocycles. The van der Waals surface area contributed by atoms with Crippen molar-refractivity contribution < 1.29 is 23.9 Å². The summed E-state index contributed by atoms with van der Waals surface area (Å²) < 4.78 is 11.5. The molecule has 1 aliphatic heterocycles. The average Bonchev–Trinajstić information content (AvgIpc) is 3.12. The van der Waals surface area contributed by atoms with Gasteiger partial charge in [0.1, 0.15) is 0 Å². The lowest BCUT2D eigenvalue weighted by Gasteiger charge is -2.27. The van der Waals surface area contributed by atoms with Gasteiger partial charge in [0.2, 0.25) is 11.5 Å². The Morgan fingerprint density at radius 2 is 1.40 bits per heavy atom. The van der Waals surface area contributed by atoms with Gasteiger partial charge in [0, 0.05) is 11.1 Å². The van der Waals surface area contributed by atoms with Crippen molar-refractivity contribution in [2.24, 2.45) is 4.99 Å². The van der Waals surface area contributed by atoms with Crippen molar-refractivity contribution in [1.82, 2.24) is 0 Å². The van der Waals surface area contributed by atoms with Crippen molar-refractivity contribution in [2.75, 3.05) is 11.9 Å². The Morgan fingerprint density at radius 1 is 0.914 bits per heavy atom. The first-order valence-corrected chi connectivity index (χ1v) is 12.6. The number of aryl methyl sites for hydroxylation is 2.